The first kappa shape index (κ1) is 13.3. The maximum Gasteiger partial charge on any atom is 0.243 e. The second-order valence-corrected chi connectivity index (χ2v) is 5.14. The fourth-order valence-corrected chi connectivity index (χ4v) is 2.46. The molecule has 2 N–H and O–H groups in total. The Balaban J connectivity index is 1.48. The number of hydrogen-bond donors (Lipinski definition) is 2. The fourth-order valence-electron chi connectivity index (χ4n) is 2.46. The van der Waals surface area contributed by atoms with Crippen LogP contribution in [0, 0.1) is 6.92 Å². The van der Waals surface area contributed by atoms with Crippen LogP contribution < -0.4 is 10.6 Å². The summed E-state index contributed by atoms with van der Waals surface area (Å²) in [6, 6.07) is 4.01. The van der Waals surface area contributed by atoms with Crippen molar-refractivity contribution in [1.82, 2.24) is 19.9 Å². The van der Waals surface area contributed by atoms with Gasteiger partial charge in [0.2, 0.25) is 5.95 Å². The lowest BCUT2D eigenvalue weighted by Gasteiger charge is -2.22. The summed E-state index contributed by atoms with van der Waals surface area (Å²) in [4.78, 5) is 4.47. The van der Waals surface area contributed by atoms with E-state index < -0.39 is 0 Å². The van der Waals surface area contributed by atoms with Crippen LogP contribution in [0.5, 0.6) is 0 Å². The molecule has 0 saturated carbocycles. The van der Waals surface area contributed by atoms with Crippen molar-refractivity contribution < 1.29 is 4.74 Å². The number of fused-ring (bicyclic) bond motifs is 1. The summed E-state index contributed by atoms with van der Waals surface area (Å²) in [5.74, 6) is 0.660. The van der Waals surface area contributed by atoms with Gasteiger partial charge in [-0.2, -0.15) is 4.98 Å². The zero-order valence-corrected chi connectivity index (χ0v) is 11.8. The third kappa shape index (κ3) is 3.08. The van der Waals surface area contributed by atoms with E-state index in [-0.39, 0.29) is 0 Å². The normalized spacial score (nSPS) is 16.6. The summed E-state index contributed by atoms with van der Waals surface area (Å²) in [6.07, 6.45) is 4.51. The quantitative estimate of drug-likeness (QED) is 0.803. The molecule has 0 unspecified atom stereocenters. The topological polar surface area (TPSA) is 63.5 Å². The Morgan fingerprint density at radius 3 is 3.10 bits per heavy atom. The standard InChI is InChI=1S/C14H21N5O/c1-11-3-2-9-19-13(11)17-14(18-19)16-8-10-20-12-4-6-15-7-5-12/h2-3,9,12,15H,4-8,10H2,1H3,(H,16,18). The van der Waals surface area contributed by atoms with Crippen molar-refractivity contribution in [3.05, 3.63) is 23.9 Å². The van der Waals surface area contributed by atoms with Crippen LogP contribution in [-0.2, 0) is 4.74 Å². The monoisotopic (exact) mass is 275 g/mol. The molecule has 108 valence electrons. The molecular weight excluding hydrogens is 254 g/mol. The lowest BCUT2D eigenvalue weighted by Crippen LogP contribution is -2.33. The lowest BCUT2D eigenvalue weighted by molar-refractivity contribution is 0.0394. The zero-order chi connectivity index (χ0) is 13.8. The summed E-state index contributed by atoms with van der Waals surface area (Å²) in [5.41, 5.74) is 2.02. The Labute approximate surface area is 118 Å². The first-order chi connectivity index (χ1) is 9.83. The van der Waals surface area contributed by atoms with Crippen LogP contribution in [0.1, 0.15) is 18.4 Å². The second kappa shape index (κ2) is 6.19. The molecule has 3 heterocycles. The summed E-state index contributed by atoms with van der Waals surface area (Å²) < 4.78 is 7.63. The van der Waals surface area contributed by atoms with E-state index in [0.717, 1.165) is 43.7 Å². The smallest absolute Gasteiger partial charge is 0.243 e. The summed E-state index contributed by atoms with van der Waals surface area (Å²) >= 11 is 0. The predicted octanol–water partition coefficient (Wildman–Crippen LogP) is 1.22. The van der Waals surface area contributed by atoms with Crippen molar-refractivity contribution in [3.63, 3.8) is 0 Å². The molecule has 1 aliphatic rings. The van der Waals surface area contributed by atoms with E-state index in [1.54, 1.807) is 4.52 Å². The van der Waals surface area contributed by atoms with E-state index in [2.05, 4.69) is 20.7 Å². The van der Waals surface area contributed by atoms with E-state index in [9.17, 15) is 0 Å². The van der Waals surface area contributed by atoms with E-state index in [4.69, 9.17) is 4.74 Å². The minimum atomic E-state index is 0.398. The van der Waals surface area contributed by atoms with Gasteiger partial charge in [0.1, 0.15) is 0 Å². The van der Waals surface area contributed by atoms with Gasteiger partial charge in [0, 0.05) is 12.7 Å². The average Bonchev–Trinajstić information content (AvgIpc) is 2.89. The van der Waals surface area contributed by atoms with Gasteiger partial charge in [-0.25, -0.2) is 4.52 Å². The molecule has 2 aromatic heterocycles. The van der Waals surface area contributed by atoms with Gasteiger partial charge >= 0.3 is 0 Å². The number of piperidine rings is 1. The first-order valence-electron chi connectivity index (χ1n) is 7.21. The molecule has 1 fully saturated rings. The van der Waals surface area contributed by atoms with Crippen LogP contribution in [0.2, 0.25) is 0 Å². The Kier molecular flexibility index (Phi) is 4.13. The number of nitrogens with zero attached hydrogens (tertiary/aromatic N) is 3. The Hall–Kier alpha value is -1.66. The van der Waals surface area contributed by atoms with Gasteiger partial charge in [-0.15, -0.1) is 5.10 Å². The molecule has 0 bridgehead atoms. The fraction of sp³-hybridized carbons (Fsp3) is 0.571. The number of hydrogen-bond acceptors (Lipinski definition) is 5. The van der Waals surface area contributed by atoms with Gasteiger partial charge < -0.3 is 15.4 Å². The number of anilines is 1. The molecule has 1 saturated heterocycles. The summed E-state index contributed by atoms with van der Waals surface area (Å²) in [6.45, 7) is 5.59. The highest BCUT2D eigenvalue weighted by Crippen LogP contribution is 2.10. The molecule has 3 rings (SSSR count). The molecule has 6 nitrogen and oxygen atoms in total. The molecule has 0 amide bonds. The summed E-state index contributed by atoms with van der Waals surface area (Å²) in [5, 5.41) is 10.9. The Morgan fingerprint density at radius 2 is 2.30 bits per heavy atom. The largest absolute Gasteiger partial charge is 0.376 e. The van der Waals surface area contributed by atoms with Gasteiger partial charge in [-0.05, 0) is 44.5 Å². The number of aromatic nitrogens is 3. The molecule has 0 aliphatic carbocycles. The minimum Gasteiger partial charge on any atom is -0.376 e. The van der Waals surface area contributed by atoms with Gasteiger partial charge in [-0.1, -0.05) is 6.07 Å². The van der Waals surface area contributed by atoms with Crippen LogP contribution in [0.25, 0.3) is 5.65 Å². The van der Waals surface area contributed by atoms with E-state index >= 15 is 0 Å². The molecule has 20 heavy (non-hydrogen) atoms. The molecule has 2 aromatic rings. The van der Waals surface area contributed by atoms with Crippen LogP contribution in [0.15, 0.2) is 18.3 Å². The van der Waals surface area contributed by atoms with Crippen molar-refractivity contribution in [2.75, 3.05) is 31.6 Å². The first-order valence-corrected chi connectivity index (χ1v) is 7.21. The highest BCUT2D eigenvalue weighted by atomic mass is 16.5. The average molecular weight is 275 g/mol. The Bertz CT molecular complexity index is 562. The van der Waals surface area contributed by atoms with Gasteiger partial charge in [-0.3, -0.25) is 0 Å². The summed E-state index contributed by atoms with van der Waals surface area (Å²) in [7, 11) is 0. The predicted molar refractivity (Wildman–Crippen MR) is 78.1 cm³/mol. The molecular formula is C14H21N5O. The van der Waals surface area contributed by atoms with Gasteiger partial charge in [0.15, 0.2) is 5.65 Å². The van der Waals surface area contributed by atoms with Crippen molar-refractivity contribution in [1.29, 1.82) is 0 Å². The third-order valence-corrected chi connectivity index (χ3v) is 3.58. The number of aryl methyl sites for hydroxylation is 1. The van der Waals surface area contributed by atoms with Crippen LogP contribution in [0.3, 0.4) is 0 Å². The molecule has 0 atom stereocenters. The zero-order valence-electron chi connectivity index (χ0n) is 11.8. The van der Waals surface area contributed by atoms with Crippen molar-refractivity contribution >= 4 is 11.6 Å². The van der Waals surface area contributed by atoms with Gasteiger partial charge in [0.05, 0.1) is 12.7 Å². The molecule has 0 radical (unpaired) electrons. The van der Waals surface area contributed by atoms with E-state index in [1.165, 1.54) is 0 Å². The van der Waals surface area contributed by atoms with Crippen molar-refractivity contribution in [2.45, 2.75) is 25.9 Å². The van der Waals surface area contributed by atoms with Gasteiger partial charge in [0.25, 0.3) is 0 Å². The molecule has 0 aromatic carbocycles. The molecule has 1 aliphatic heterocycles. The third-order valence-electron chi connectivity index (χ3n) is 3.58. The van der Waals surface area contributed by atoms with Crippen molar-refractivity contribution in [3.8, 4) is 0 Å². The molecule has 6 heteroatoms. The second-order valence-electron chi connectivity index (χ2n) is 5.14. The highest BCUT2D eigenvalue weighted by molar-refractivity contribution is 5.49. The lowest BCUT2D eigenvalue weighted by atomic mass is 10.1. The van der Waals surface area contributed by atoms with E-state index in [1.807, 2.05) is 25.3 Å². The number of ether oxygens (including phenoxy) is 1. The SMILES string of the molecule is Cc1cccn2nc(NCCOC3CCNCC3)nc12. The number of pyridine rings is 1. The highest BCUT2D eigenvalue weighted by Gasteiger charge is 2.12. The number of nitrogens with one attached hydrogen (secondary N) is 2. The maximum atomic E-state index is 5.84. The maximum absolute atomic E-state index is 5.84. The van der Waals surface area contributed by atoms with Crippen molar-refractivity contribution in [2.24, 2.45) is 0 Å². The minimum absolute atomic E-state index is 0.398. The molecule has 0 spiro atoms. The van der Waals surface area contributed by atoms with E-state index in [0.29, 0.717) is 18.7 Å². The van der Waals surface area contributed by atoms with Crippen LogP contribution >= 0.6 is 0 Å². The van der Waals surface area contributed by atoms with Crippen LogP contribution in [-0.4, -0.2) is 46.9 Å². The van der Waals surface area contributed by atoms with Crippen LogP contribution in [0.4, 0.5) is 5.95 Å². The number of rotatable bonds is 5. The Morgan fingerprint density at radius 1 is 1.45 bits per heavy atom.